The smallest absolute Gasteiger partial charge is 0.247 e. The van der Waals surface area contributed by atoms with E-state index in [-0.39, 0.29) is 5.91 Å². The number of benzene rings is 1. The summed E-state index contributed by atoms with van der Waals surface area (Å²) in [6.07, 6.45) is -5.57. The lowest BCUT2D eigenvalue weighted by Crippen LogP contribution is -2.60. The molecule has 1 heterocycles. The molecule has 1 aromatic rings. The van der Waals surface area contributed by atoms with Gasteiger partial charge in [-0.3, -0.25) is 4.79 Å². The largest absolute Gasteiger partial charge is 0.462 e. The van der Waals surface area contributed by atoms with Crippen molar-refractivity contribution in [3.63, 3.8) is 0 Å². The predicted octanol–water partition coefficient (Wildman–Crippen LogP) is -1.01. The van der Waals surface area contributed by atoms with Crippen molar-refractivity contribution in [3.05, 3.63) is 36.9 Å². The number of nitrogens with one attached hydrogen (secondary N) is 1. The van der Waals surface area contributed by atoms with Crippen molar-refractivity contribution in [1.29, 1.82) is 0 Å². The molecule has 126 valence electrons. The molecule has 1 amide bonds. The van der Waals surface area contributed by atoms with Gasteiger partial charge in [0.1, 0.15) is 30.2 Å². The lowest BCUT2D eigenvalue weighted by atomic mass is 9.99. The highest BCUT2D eigenvalue weighted by Crippen LogP contribution is 2.25. The van der Waals surface area contributed by atoms with Crippen LogP contribution in [0, 0.1) is 0 Å². The van der Waals surface area contributed by atoms with E-state index in [1.807, 2.05) is 0 Å². The molecule has 1 fully saturated rings. The van der Waals surface area contributed by atoms with Crippen molar-refractivity contribution in [2.75, 3.05) is 11.9 Å². The number of rotatable bonds is 5. The van der Waals surface area contributed by atoms with E-state index >= 15 is 0 Å². The zero-order valence-electron chi connectivity index (χ0n) is 12.2. The number of hydrogen-bond donors (Lipinski definition) is 5. The van der Waals surface area contributed by atoms with E-state index in [1.54, 1.807) is 12.1 Å². The van der Waals surface area contributed by atoms with Crippen LogP contribution in [0.25, 0.3) is 0 Å². The normalized spacial score (nSPS) is 30.5. The summed E-state index contributed by atoms with van der Waals surface area (Å²) in [4.78, 5) is 11.2. The van der Waals surface area contributed by atoms with Gasteiger partial charge in [0, 0.05) is 5.69 Å². The lowest BCUT2D eigenvalue weighted by molar-refractivity contribution is -0.277. The van der Waals surface area contributed by atoms with Gasteiger partial charge < -0.3 is 35.2 Å². The maximum absolute atomic E-state index is 11.2. The molecule has 8 heteroatoms. The minimum absolute atomic E-state index is 0.311. The number of aliphatic hydroxyl groups excluding tert-OH is 4. The quantitative estimate of drug-likeness (QED) is 0.439. The standard InChI is InChI=1S/C15H19NO7/c1-2-11(18)16-8-3-5-9(6-4-8)22-15-14(21)13(20)12(19)10(7-17)23-15/h2-6,10,12-15,17,19-21H,1,7H2,(H,16,18)/t10-,12+,13+,14-,15?/m1/s1. The fourth-order valence-electron chi connectivity index (χ4n) is 2.11. The molecule has 1 aliphatic heterocycles. The van der Waals surface area contributed by atoms with Crippen molar-refractivity contribution in [2.45, 2.75) is 30.7 Å². The topological polar surface area (TPSA) is 128 Å². The van der Waals surface area contributed by atoms with Crippen LogP contribution in [-0.2, 0) is 9.53 Å². The second-order valence-corrected chi connectivity index (χ2v) is 5.03. The average molecular weight is 325 g/mol. The molecule has 23 heavy (non-hydrogen) atoms. The number of carbonyl (C=O) groups excluding carboxylic acids is 1. The van der Waals surface area contributed by atoms with Gasteiger partial charge in [0.25, 0.3) is 0 Å². The van der Waals surface area contributed by atoms with Crippen molar-refractivity contribution < 1.29 is 34.7 Å². The first-order chi connectivity index (χ1) is 11.0. The van der Waals surface area contributed by atoms with Crippen molar-refractivity contribution in [1.82, 2.24) is 0 Å². The molecule has 0 spiro atoms. The van der Waals surface area contributed by atoms with Crippen LogP contribution >= 0.6 is 0 Å². The van der Waals surface area contributed by atoms with E-state index in [2.05, 4.69) is 11.9 Å². The molecule has 8 nitrogen and oxygen atoms in total. The van der Waals surface area contributed by atoms with Crippen LogP contribution in [0.5, 0.6) is 5.75 Å². The van der Waals surface area contributed by atoms with Gasteiger partial charge in [-0.05, 0) is 30.3 Å². The molecule has 0 saturated carbocycles. The third kappa shape index (κ3) is 4.06. The molecule has 0 aliphatic carbocycles. The molecule has 0 radical (unpaired) electrons. The maximum atomic E-state index is 11.2. The molecule has 0 aromatic heterocycles. The first-order valence-corrected chi connectivity index (χ1v) is 6.97. The molecule has 1 aliphatic rings. The predicted molar refractivity (Wildman–Crippen MR) is 79.7 cm³/mol. The Labute approximate surface area is 132 Å². The zero-order chi connectivity index (χ0) is 17.0. The molecule has 2 rings (SSSR count). The SMILES string of the molecule is C=CC(=O)Nc1ccc(OC2O[C@H](CO)[C@H](O)[C@H](O)[C@H]2O)cc1. The Morgan fingerprint density at radius 1 is 1.22 bits per heavy atom. The Bertz CT molecular complexity index is 545. The van der Waals surface area contributed by atoms with E-state index in [4.69, 9.17) is 14.6 Å². The molecule has 1 aromatic carbocycles. The van der Waals surface area contributed by atoms with Gasteiger partial charge in [0.2, 0.25) is 12.2 Å². The first kappa shape index (κ1) is 17.4. The minimum atomic E-state index is -1.50. The Hall–Kier alpha value is -1.97. The summed E-state index contributed by atoms with van der Waals surface area (Å²) >= 11 is 0. The highest BCUT2D eigenvalue weighted by molar-refractivity contribution is 5.98. The van der Waals surface area contributed by atoms with Gasteiger partial charge in [0.05, 0.1) is 6.61 Å². The van der Waals surface area contributed by atoms with Crippen LogP contribution in [-0.4, -0.2) is 63.6 Å². The summed E-state index contributed by atoms with van der Waals surface area (Å²) in [5.74, 6) is -0.0430. The van der Waals surface area contributed by atoms with Gasteiger partial charge in [-0.1, -0.05) is 6.58 Å². The van der Waals surface area contributed by atoms with Crippen LogP contribution in [0.15, 0.2) is 36.9 Å². The monoisotopic (exact) mass is 325 g/mol. The number of anilines is 1. The van der Waals surface area contributed by atoms with Crippen molar-refractivity contribution in [3.8, 4) is 5.75 Å². The highest BCUT2D eigenvalue weighted by atomic mass is 16.7. The molecule has 5 N–H and O–H groups in total. The summed E-state index contributed by atoms with van der Waals surface area (Å²) in [6, 6.07) is 6.20. The molecule has 5 atom stereocenters. The fraction of sp³-hybridized carbons (Fsp3) is 0.400. The van der Waals surface area contributed by atoms with E-state index in [9.17, 15) is 20.1 Å². The Morgan fingerprint density at radius 2 is 1.87 bits per heavy atom. The first-order valence-electron chi connectivity index (χ1n) is 6.97. The van der Waals surface area contributed by atoms with E-state index in [0.717, 1.165) is 6.08 Å². The van der Waals surface area contributed by atoms with E-state index < -0.39 is 37.3 Å². The minimum Gasteiger partial charge on any atom is -0.462 e. The van der Waals surface area contributed by atoms with Crippen molar-refractivity contribution in [2.24, 2.45) is 0 Å². The summed E-state index contributed by atoms with van der Waals surface area (Å²) in [5, 5.41) is 40.9. The summed E-state index contributed by atoms with van der Waals surface area (Å²) < 4.78 is 10.6. The van der Waals surface area contributed by atoms with Crippen LogP contribution < -0.4 is 10.1 Å². The van der Waals surface area contributed by atoms with Gasteiger partial charge in [-0.25, -0.2) is 0 Å². The van der Waals surface area contributed by atoms with Crippen LogP contribution in [0.3, 0.4) is 0 Å². The molecule has 1 unspecified atom stereocenters. The van der Waals surface area contributed by atoms with E-state index in [1.165, 1.54) is 12.1 Å². The van der Waals surface area contributed by atoms with Gasteiger partial charge in [-0.2, -0.15) is 0 Å². The zero-order valence-corrected chi connectivity index (χ0v) is 12.2. The third-order valence-electron chi connectivity index (χ3n) is 3.41. The summed E-state index contributed by atoms with van der Waals surface area (Å²) in [5.41, 5.74) is 0.524. The Kier molecular flexibility index (Phi) is 5.69. The number of carbonyl (C=O) groups is 1. The summed E-state index contributed by atoms with van der Waals surface area (Å²) in [7, 11) is 0. The van der Waals surface area contributed by atoms with E-state index in [0.29, 0.717) is 11.4 Å². The second kappa shape index (κ2) is 7.53. The second-order valence-electron chi connectivity index (χ2n) is 5.03. The summed E-state index contributed by atoms with van der Waals surface area (Å²) in [6.45, 7) is 2.81. The maximum Gasteiger partial charge on any atom is 0.247 e. The lowest BCUT2D eigenvalue weighted by Gasteiger charge is -2.39. The molecular formula is C15H19NO7. The van der Waals surface area contributed by atoms with Gasteiger partial charge in [0.15, 0.2) is 0 Å². The third-order valence-corrected chi connectivity index (χ3v) is 3.41. The average Bonchev–Trinajstić information content (AvgIpc) is 2.56. The van der Waals surface area contributed by atoms with Gasteiger partial charge >= 0.3 is 0 Å². The number of amides is 1. The van der Waals surface area contributed by atoms with Crippen LogP contribution in [0.1, 0.15) is 0 Å². The number of hydrogen-bond acceptors (Lipinski definition) is 7. The Morgan fingerprint density at radius 3 is 2.43 bits per heavy atom. The molecule has 1 saturated heterocycles. The fourth-order valence-corrected chi connectivity index (χ4v) is 2.11. The number of aliphatic hydroxyl groups is 4. The van der Waals surface area contributed by atoms with Crippen molar-refractivity contribution >= 4 is 11.6 Å². The molecular weight excluding hydrogens is 306 g/mol. The highest BCUT2D eigenvalue weighted by Gasteiger charge is 2.44. The van der Waals surface area contributed by atoms with Gasteiger partial charge in [-0.15, -0.1) is 0 Å². The number of ether oxygens (including phenoxy) is 2. The molecule has 0 bridgehead atoms. The van der Waals surface area contributed by atoms with Crippen LogP contribution in [0.4, 0.5) is 5.69 Å². The Balaban J connectivity index is 2.03. The van der Waals surface area contributed by atoms with Crippen LogP contribution in [0.2, 0.25) is 0 Å².